The Kier molecular flexibility index (Phi) is 1.96. The van der Waals surface area contributed by atoms with Crippen LogP contribution in [0.25, 0.3) is 0 Å². The minimum atomic E-state index is -0.916. The molecule has 0 aromatic heterocycles. The molecule has 4 unspecified atom stereocenters. The quantitative estimate of drug-likeness (QED) is 0.503. The maximum Gasteiger partial charge on any atom is 0.315 e. The van der Waals surface area contributed by atoms with E-state index in [-0.39, 0.29) is 25.1 Å². The first-order valence-corrected chi connectivity index (χ1v) is 5.37. The zero-order valence-electron chi connectivity index (χ0n) is 9.01. The first-order valence-electron chi connectivity index (χ1n) is 5.37. The fourth-order valence-corrected chi connectivity index (χ4v) is 3.10. The lowest BCUT2D eigenvalue weighted by molar-refractivity contribution is -0.227. The number of hydrogen-bond donors (Lipinski definition) is 1. The van der Waals surface area contributed by atoms with E-state index in [1.165, 1.54) is 7.11 Å². The van der Waals surface area contributed by atoms with Crippen molar-refractivity contribution in [3.05, 3.63) is 12.2 Å². The number of carbonyl (C=O) groups excluding carboxylic acids is 1. The van der Waals surface area contributed by atoms with Gasteiger partial charge in [0, 0.05) is 6.42 Å². The molecule has 2 fully saturated rings. The number of rotatable bonds is 1. The zero-order chi connectivity index (χ0) is 11.4. The molecule has 0 radical (unpaired) electrons. The molecule has 5 heteroatoms. The van der Waals surface area contributed by atoms with Crippen LogP contribution in [0.3, 0.4) is 0 Å². The standard InChI is InChI=1S/C11H14O5/c1-14-9(13)10-4-7-2-3-11(10,16-7)6-15-8(12)5-10/h2-3,7-8,12H,4-6H2,1H3. The van der Waals surface area contributed by atoms with Gasteiger partial charge in [-0.1, -0.05) is 12.2 Å². The topological polar surface area (TPSA) is 65.0 Å². The maximum atomic E-state index is 12.0. The van der Waals surface area contributed by atoms with Crippen LogP contribution in [0.4, 0.5) is 0 Å². The molecule has 5 nitrogen and oxygen atoms in total. The highest BCUT2D eigenvalue weighted by molar-refractivity contribution is 5.80. The van der Waals surface area contributed by atoms with Gasteiger partial charge in [0.2, 0.25) is 0 Å². The Hall–Kier alpha value is -0.910. The number of aliphatic hydroxyl groups is 1. The van der Waals surface area contributed by atoms with Crippen molar-refractivity contribution in [3.63, 3.8) is 0 Å². The molecule has 0 aliphatic carbocycles. The molecule has 0 aromatic rings. The van der Waals surface area contributed by atoms with Crippen molar-refractivity contribution in [2.24, 2.45) is 5.41 Å². The maximum absolute atomic E-state index is 12.0. The van der Waals surface area contributed by atoms with Gasteiger partial charge in [-0.25, -0.2) is 0 Å². The molecule has 2 saturated heterocycles. The van der Waals surface area contributed by atoms with Gasteiger partial charge in [-0.05, 0) is 6.42 Å². The summed E-state index contributed by atoms with van der Waals surface area (Å²) in [6, 6.07) is 0. The van der Waals surface area contributed by atoms with Crippen LogP contribution in [0.1, 0.15) is 12.8 Å². The molecule has 0 saturated carbocycles. The van der Waals surface area contributed by atoms with Gasteiger partial charge in [-0.15, -0.1) is 0 Å². The third kappa shape index (κ3) is 1.03. The minimum absolute atomic E-state index is 0.0620. The summed E-state index contributed by atoms with van der Waals surface area (Å²) in [5, 5.41) is 9.58. The summed E-state index contributed by atoms with van der Waals surface area (Å²) < 4.78 is 15.9. The number of carbonyl (C=O) groups is 1. The van der Waals surface area contributed by atoms with Crippen LogP contribution in [0, 0.1) is 5.41 Å². The number of hydrogen-bond acceptors (Lipinski definition) is 5. The van der Waals surface area contributed by atoms with Gasteiger partial charge in [0.1, 0.15) is 11.0 Å². The van der Waals surface area contributed by atoms with E-state index in [1.54, 1.807) is 0 Å². The Morgan fingerprint density at radius 3 is 3.06 bits per heavy atom. The predicted molar refractivity (Wildman–Crippen MR) is 52.4 cm³/mol. The first kappa shape index (κ1) is 10.3. The van der Waals surface area contributed by atoms with E-state index in [0.29, 0.717) is 6.42 Å². The molecule has 88 valence electrons. The lowest BCUT2D eigenvalue weighted by atomic mass is 9.65. The molecule has 4 atom stereocenters. The van der Waals surface area contributed by atoms with E-state index in [9.17, 15) is 9.90 Å². The second kappa shape index (κ2) is 3.06. The van der Waals surface area contributed by atoms with Gasteiger partial charge in [-0.3, -0.25) is 4.79 Å². The Morgan fingerprint density at radius 2 is 2.38 bits per heavy atom. The Morgan fingerprint density at radius 1 is 1.56 bits per heavy atom. The van der Waals surface area contributed by atoms with E-state index in [0.717, 1.165) is 0 Å². The van der Waals surface area contributed by atoms with Crippen molar-refractivity contribution in [1.82, 2.24) is 0 Å². The molecule has 3 aliphatic heterocycles. The van der Waals surface area contributed by atoms with Gasteiger partial charge in [0.25, 0.3) is 0 Å². The van der Waals surface area contributed by atoms with E-state index in [1.807, 2.05) is 12.2 Å². The van der Waals surface area contributed by atoms with Crippen molar-refractivity contribution in [2.75, 3.05) is 13.7 Å². The lowest BCUT2D eigenvalue weighted by Gasteiger charge is -2.45. The Bertz CT molecular complexity index is 365. The average molecular weight is 226 g/mol. The summed E-state index contributed by atoms with van der Waals surface area (Å²) in [5.41, 5.74) is -1.51. The van der Waals surface area contributed by atoms with Crippen molar-refractivity contribution in [3.8, 4) is 0 Å². The smallest absolute Gasteiger partial charge is 0.315 e. The Balaban J connectivity index is 2.04. The van der Waals surface area contributed by atoms with Gasteiger partial charge in [0.15, 0.2) is 6.29 Å². The summed E-state index contributed by atoms with van der Waals surface area (Å²) in [6.07, 6.45) is 3.65. The molecule has 1 spiro atoms. The van der Waals surface area contributed by atoms with Crippen LogP contribution in [-0.2, 0) is 19.0 Å². The number of aliphatic hydroxyl groups excluding tert-OH is 1. The van der Waals surface area contributed by atoms with Crippen LogP contribution < -0.4 is 0 Å². The fraction of sp³-hybridized carbons (Fsp3) is 0.727. The van der Waals surface area contributed by atoms with Crippen LogP contribution in [0.5, 0.6) is 0 Å². The molecule has 3 aliphatic rings. The van der Waals surface area contributed by atoms with Crippen LogP contribution in [0.15, 0.2) is 12.2 Å². The molecular weight excluding hydrogens is 212 g/mol. The van der Waals surface area contributed by atoms with E-state index in [2.05, 4.69) is 0 Å². The van der Waals surface area contributed by atoms with Gasteiger partial charge >= 0.3 is 5.97 Å². The van der Waals surface area contributed by atoms with E-state index in [4.69, 9.17) is 14.2 Å². The monoisotopic (exact) mass is 226 g/mol. The number of methoxy groups -OCH3 is 1. The zero-order valence-corrected chi connectivity index (χ0v) is 9.01. The fourth-order valence-electron chi connectivity index (χ4n) is 3.10. The van der Waals surface area contributed by atoms with Crippen molar-refractivity contribution >= 4 is 5.97 Å². The van der Waals surface area contributed by atoms with Gasteiger partial charge in [-0.2, -0.15) is 0 Å². The summed E-state index contributed by atoms with van der Waals surface area (Å²) in [6.45, 7) is 0.205. The summed E-state index contributed by atoms with van der Waals surface area (Å²) >= 11 is 0. The molecule has 3 rings (SSSR count). The summed E-state index contributed by atoms with van der Waals surface area (Å²) in [7, 11) is 1.36. The predicted octanol–water partition coefficient (Wildman–Crippen LogP) is -0.0180. The van der Waals surface area contributed by atoms with Crippen molar-refractivity contribution < 1.29 is 24.1 Å². The highest BCUT2D eigenvalue weighted by Crippen LogP contribution is 2.57. The molecular formula is C11H14O5. The second-order valence-corrected chi connectivity index (χ2v) is 4.65. The molecule has 1 N–H and O–H groups in total. The summed E-state index contributed by atoms with van der Waals surface area (Å²) in [5.74, 6) is -0.318. The Labute approximate surface area is 93.0 Å². The van der Waals surface area contributed by atoms with Gasteiger partial charge < -0.3 is 19.3 Å². The first-order chi connectivity index (χ1) is 7.62. The summed E-state index contributed by atoms with van der Waals surface area (Å²) in [4.78, 5) is 12.0. The second-order valence-electron chi connectivity index (χ2n) is 4.65. The highest BCUT2D eigenvalue weighted by atomic mass is 16.6. The number of esters is 1. The molecule has 16 heavy (non-hydrogen) atoms. The SMILES string of the molecule is COC(=O)C12CC(O)OCC13C=CC(C2)O3. The van der Waals surface area contributed by atoms with Crippen molar-refractivity contribution in [1.29, 1.82) is 0 Å². The normalized spacial score (nSPS) is 49.1. The average Bonchev–Trinajstić information content (AvgIpc) is 2.82. The van der Waals surface area contributed by atoms with E-state index >= 15 is 0 Å². The third-order valence-corrected chi connectivity index (χ3v) is 3.89. The highest BCUT2D eigenvalue weighted by Gasteiger charge is 2.68. The minimum Gasteiger partial charge on any atom is -0.468 e. The van der Waals surface area contributed by atoms with E-state index < -0.39 is 17.3 Å². The lowest BCUT2D eigenvalue weighted by Crippen LogP contribution is -2.58. The molecule has 3 heterocycles. The van der Waals surface area contributed by atoms with Crippen molar-refractivity contribution in [2.45, 2.75) is 30.8 Å². The number of fused-ring (bicyclic) bond motifs is 1. The van der Waals surface area contributed by atoms with Crippen LogP contribution >= 0.6 is 0 Å². The number of ether oxygens (including phenoxy) is 3. The van der Waals surface area contributed by atoms with Gasteiger partial charge in [0.05, 0.1) is 19.8 Å². The van der Waals surface area contributed by atoms with Crippen LogP contribution in [0.2, 0.25) is 0 Å². The molecule has 0 amide bonds. The third-order valence-electron chi connectivity index (χ3n) is 3.89. The molecule has 0 aromatic carbocycles. The van der Waals surface area contributed by atoms with Crippen LogP contribution in [-0.4, -0.2) is 42.8 Å². The molecule has 2 bridgehead atoms. The largest absolute Gasteiger partial charge is 0.468 e.